The zero-order chi connectivity index (χ0) is 12.4. The summed E-state index contributed by atoms with van der Waals surface area (Å²) in [7, 11) is 0. The van der Waals surface area contributed by atoms with E-state index in [1.807, 2.05) is 25.1 Å². The van der Waals surface area contributed by atoms with E-state index in [0.29, 0.717) is 18.5 Å². The van der Waals surface area contributed by atoms with Gasteiger partial charge in [-0.3, -0.25) is 9.59 Å². The SMILES string of the molecule is Cc1ccc(N2C(=O)CCCCC2=O)c(Br)c1. The average Bonchev–Trinajstić information content (AvgIpc) is 2.42. The summed E-state index contributed by atoms with van der Waals surface area (Å²) in [6.45, 7) is 1.97. The normalized spacial score (nSPS) is 17.2. The maximum absolute atomic E-state index is 11.9. The fraction of sp³-hybridized carbons (Fsp3) is 0.385. The predicted octanol–water partition coefficient (Wildman–Crippen LogP) is 3.19. The van der Waals surface area contributed by atoms with Crippen molar-refractivity contribution < 1.29 is 9.59 Å². The summed E-state index contributed by atoms with van der Waals surface area (Å²) in [4.78, 5) is 25.2. The largest absolute Gasteiger partial charge is 0.274 e. The lowest BCUT2D eigenvalue weighted by Gasteiger charge is -2.20. The van der Waals surface area contributed by atoms with Crippen LogP contribution in [-0.4, -0.2) is 11.8 Å². The first kappa shape index (κ1) is 12.3. The number of benzene rings is 1. The second-order valence-electron chi connectivity index (χ2n) is 4.28. The number of carbonyl (C=O) groups is 2. The van der Waals surface area contributed by atoms with E-state index in [1.165, 1.54) is 4.90 Å². The Morgan fingerprint density at radius 2 is 1.71 bits per heavy atom. The highest BCUT2D eigenvalue weighted by Crippen LogP contribution is 2.30. The number of halogens is 1. The van der Waals surface area contributed by atoms with E-state index in [2.05, 4.69) is 15.9 Å². The van der Waals surface area contributed by atoms with Gasteiger partial charge in [0.2, 0.25) is 11.8 Å². The molecule has 0 aromatic heterocycles. The van der Waals surface area contributed by atoms with Gasteiger partial charge in [-0.25, -0.2) is 4.90 Å². The van der Waals surface area contributed by atoms with E-state index in [9.17, 15) is 9.59 Å². The van der Waals surface area contributed by atoms with Gasteiger partial charge in [-0.05, 0) is 53.4 Å². The van der Waals surface area contributed by atoms with Gasteiger partial charge in [-0.2, -0.15) is 0 Å². The molecule has 0 saturated carbocycles. The summed E-state index contributed by atoms with van der Waals surface area (Å²) in [5, 5.41) is 0. The topological polar surface area (TPSA) is 37.4 Å². The van der Waals surface area contributed by atoms with Gasteiger partial charge in [0.1, 0.15) is 0 Å². The van der Waals surface area contributed by atoms with Gasteiger partial charge in [0.15, 0.2) is 0 Å². The van der Waals surface area contributed by atoms with Crippen molar-refractivity contribution in [1.82, 2.24) is 0 Å². The minimum Gasteiger partial charge on any atom is -0.274 e. The first-order chi connectivity index (χ1) is 8.09. The van der Waals surface area contributed by atoms with Gasteiger partial charge >= 0.3 is 0 Å². The quantitative estimate of drug-likeness (QED) is 0.746. The van der Waals surface area contributed by atoms with E-state index < -0.39 is 0 Å². The number of hydrogen-bond donors (Lipinski definition) is 0. The number of imide groups is 1. The molecule has 2 amide bonds. The van der Waals surface area contributed by atoms with E-state index in [-0.39, 0.29) is 11.8 Å². The molecule has 0 aliphatic carbocycles. The molecule has 0 unspecified atom stereocenters. The van der Waals surface area contributed by atoms with Crippen LogP contribution in [0.5, 0.6) is 0 Å². The molecule has 1 fully saturated rings. The van der Waals surface area contributed by atoms with Crippen LogP contribution in [-0.2, 0) is 9.59 Å². The molecule has 2 rings (SSSR count). The predicted molar refractivity (Wildman–Crippen MR) is 69.8 cm³/mol. The molecular formula is C13H14BrNO2. The van der Waals surface area contributed by atoms with Crippen LogP contribution in [0.3, 0.4) is 0 Å². The third kappa shape index (κ3) is 2.57. The molecule has 1 aliphatic heterocycles. The standard InChI is InChI=1S/C13H14BrNO2/c1-9-6-7-11(10(14)8-9)15-12(16)4-2-3-5-13(15)17/h6-8H,2-5H2,1H3. The van der Waals surface area contributed by atoms with Crippen molar-refractivity contribution in [3.8, 4) is 0 Å². The van der Waals surface area contributed by atoms with Crippen molar-refractivity contribution in [1.29, 1.82) is 0 Å². The minimum absolute atomic E-state index is 0.1000. The Morgan fingerprint density at radius 3 is 2.24 bits per heavy atom. The van der Waals surface area contributed by atoms with Crippen LogP contribution in [0.15, 0.2) is 22.7 Å². The van der Waals surface area contributed by atoms with Crippen molar-refractivity contribution >= 4 is 33.4 Å². The monoisotopic (exact) mass is 295 g/mol. The second kappa shape index (κ2) is 5.00. The summed E-state index contributed by atoms with van der Waals surface area (Å²) >= 11 is 3.42. The van der Waals surface area contributed by atoms with Crippen LogP contribution in [0.1, 0.15) is 31.2 Å². The van der Waals surface area contributed by atoms with Crippen molar-refractivity contribution in [3.63, 3.8) is 0 Å². The molecule has 1 heterocycles. The molecule has 1 aromatic carbocycles. The molecule has 90 valence electrons. The molecule has 0 spiro atoms. The highest BCUT2D eigenvalue weighted by molar-refractivity contribution is 9.10. The molecule has 1 saturated heterocycles. The number of rotatable bonds is 1. The summed E-state index contributed by atoms with van der Waals surface area (Å²) in [5.41, 5.74) is 1.75. The van der Waals surface area contributed by atoms with Gasteiger partial charge in [-0.15, -0.1) is 0 Å². The van der Waals surface area contributed by atoms with Crippen LogP contribution >= 0.6 is 15.9 Å². The lowest BCUT2D eigenvalue weighted by atomic mass is 10.2. The molecule has 1 aromatic rings. The highest BCUT2D eigenvalue weighted by Gasteiger charge is 2.26. The maximum Gasteiger partial charge on any atom is 0.233 e. The summed E-state index contributed by atoms with van der Waals surface area (Å²) in [5.74, 6) is -0.200. The van der Waals surface area contributed by atoms with Crippen LogP contribution in [0.2, 0.25) is 0 Å². The van der Waals surface area contributed by atoms with Crippen LogP contribution < -0.4 is 4.90 Å². The smallest absolute Gasteiger partial charge is 0.233 e. The number of nitrogens with zero attached hydrogens (tertiary/aromatic N) is 1. The number of hydrogen-bond acceptors (Lipinski definition) is 2. The van der Waals surface area contributed by atoms with Crippen molar-refractivity contribution in [2.75, 3.05) is 4.90 Å². The zero-order valence-corrected chi connectivity index (χ0v) is 11.3. The van der Waals surface area contributed by atoms with Gasteiger partial charge in [0.25, 0.3) is 0 Å². The Morgan fingerprint density at radius 1 is 1.12 bits per heavy atom. The van der Waals surface area contributed by atoms with Gasteiger partial charge in [0.05, 0.1) is 5.69 Å². The molecule has 0 N–H and O–H groups in total. The molecule has 3 nitrogen and oxygen atoms in total. The number of aryl methyl sites for hydroxylation is 1. The van der Waals surface area contributed by atoms with E-state index in [0.717, 1.165) is 22.9 Å². The Bertz CT molecular complexity index is 452. The van der Waals surface area contributed by atoms with E-state index in [1.54, 1.807) is 0 Å². The Labute approximate surface area is 109 Å². The van der Waals surface area contributed by atoms with Crippen LogP contribution in [0.4, 0.5) is 5.69 Å². The van der Waals surface area contributed by atoms with Gasteiger partial charge in [0, 0.05) is 17.3 Å². The van der Waals surface area contributed by atoms with Crippen LogP contribution in [0.25, 0.3) is 0 Å². The molecule has 0 atom stereocenters. The first-order valence-electron chi connectivity index (χ1n) is 5.71. The molecular weight excluding hydrogens is 282 g/mol. The highest BCUT2D eigenvalue weighted by atomic mass is 79.9. The summed E-state index contributed by atoms with van der Waals surface area (Å²) in [6, 6.07) is 5.65. The summed E-state index contributed by atoms with van der Waals surface area (Å²) in [6.07, 6.45) is 2.49. The van der Waals surface area contributed by atoms with Crippen molar-refractivity contribution in [2.24, 2.45) is 0 Å². The molecule has 17 heavy (non-hydrogen) atoms. The number of carbonyl (C=O) groups excluding carboxylic acids is 2. The fourth-order valence-corrected chi connectivity index (χ4v) is 2.65. The minimum atomic E-state index is -0.1000. The molecule has 1 aliphatic rings. The fourth-order valence-electron chi connectivity index (χ4n) is 1.98. The van der Waals surface area contributed by atoms with Crippen molar-refractivity contribution in [3.05, 3.63) is 28.2 Å². The number of anilines is 1. The Kier molecular flexibility index (Phi) is 3.62. The average molecular weight is 296 g/mol. The third-order valence-electron chi connectivity index (χ3n) is 2.87. The lowest BCUT2D eigenvalue weighted by molar-refractivity contribution is -0.125. The molecule has 4 heteroatoms. The maximum atomic E-state index is 11.9. The first-order valence-corrected chi connectivity index (χ1v) is 6.51. The van der Waals surface area contributed by atoms with Crippen molar-refractivity contribution in [2.45, 2.75) is 32.6 Å². The molecule has 0 bridgehead atoms. The molecule has 0 radical (unpaired) electrons. The third-order valence-corrected chi connectivity index (χ3v) is 3.51. The number of amides is 2. The van der Waals surface area contributed by atoms with E-state index >= 15 is 0 Å². The Hall–Kier alpha value is -1.16. The Balaban J connectivity index is 2.41. The van der Waals surface area contributed by atoms with Gasteiger partial charge in [-0.1, -0.05) is 6.07 Å². The van der Waals surface area contributed by atoms with E-state index in [4.69, 9.17) is 0 Å². The van der Waals surface area contributed by atoms with Gasteiger partial charge < -0.3 is 0 Å². The summed E-state index contributed by atoms with van der Waals surface area (Å²) < 4.78 is 0.793. The lowest BCUT2D eigenvalue weighted by Crippen LogP contribution is -2.35. The second-order valence-corrected chi connectivity index (χ2v) is 5.14. The van der Waals surface area contributed by atoms with Crippen LogP contribution in [0, 0.1) is 6.92 Å². The zero-order valence-electron chi connectivity index (χ0n) is 9.70.